The number of nitrogens with one attached hydrogen (secondary N) is 1. The van der Waals surface area contributed by atoms with E-state index in [1.165, 1.54) is 0 Å². The molecule has 15 heavy (non-hydrogen) atoms. The fraction of sp³-hybridized carbons (Fsp3) is 0.500. The Bertz CT molecular complexity index is 341. The molecule has 0 saturated heterocycles. The monoisotopic (exact) mass is 291 g/mol. The third-order valence-corrected chi connectivity index (χ3v) is 2.91. The highest BCUT2D eigenvalue weighted by Gasteiger charge is 2.15. The van der Waals surface area contributed by atoms with Crippen LogP contribution in [-0.4, -0.2) is 18.1 Å². The summed E-state index contributed by atoms with van der Waals surface area (Å²) in [6.45, 7) is 5.61. The molecule has 0 unspecified atom stereocenters. The minimum atomic E-state index is 0.0563. The van der Waals surface area contributed by atoms with Crippen LogP contribution in [0, 0.1) is 5.41 Å². The van der Waals surface area contributed by atoms with Crippen molar-refractivity contribution in [3.8, 4) is 0 Å². The zero-order chi connectivity index (χ0) is 11.5. The minimum Gasteiger partial charge on any atom is -0.369 e. The molecule has 0 spiro atoms. The van der Waals surface area contributed by atoms with Gasteiger partial charge in [0.25, 0.3) is 0 Å². The normalized spacial score (nSPS) is 11.5. The first-order valence-corrected chi connectivity index (χ1v) is 5.87. The highest BCUT2D eigenvalue weighted by molar-refractivity contribution is 9.10. The fourth-order valence-electron chi connectivity index (χ4n) is 0.940. The highest BCUT2D eigenvalue weighted by Crippen LogP contribution is 2.24. The summed E-state index contributed by atoms with van der Waals surface area (Å²) in [7, 11) is 0. The zero-order valence-electron chi connectivity index (χ0n) is 8.85. The highest BCUT2D eigenvalue weighted by atomic mass is 79.9. The molecular formula is C10H15BrClN3. The molecule has 5 heteroatoms. The van der Waals surface area contributed by atoms with Gasteiger partial charge < -0.3 is 11.1 Å². The Morgan fingerprint density at radius 2 is 2.27 bits per heavy atom. The molecule has 0 atom stereocenters. The Morgan fingerprint density at radius 1 is 1.60 bits per heavy atom. The first-order valence-electron chi connectivity index (χ1n) is 4.69. The van der Waals surface area contributed by atoms with Crippen molar-refractivity contribution in [1.82, 2.24) is 4.98 Å². The number of anilines is 1. The molecule has 84 valence electrons. The third kappa shape index (κ3) is 3.97. The SMILES string of the molecule is CC(C)(CN)CNc1ncc(Cl)cc1Br. The molecular weight excluding hydrogens is 277 g/mol. The summed E-state index contributed by atoms with van der Waals surface area (Å²) in [5, 5.41) is 3.85. The van der Waals surface area contributed by atoms with Gasteiger partial charge in [0, 0.05) is 12.7 Å². The lowest BCUT2D eigenvalue weighted by atomic mass is 9.94. The lowest BCUT2D eigenvalue weighted by Gasteiger charge is -2.23. The van der Waals surface area contributed by atoms with Crippen molar-refractivity contribution >= 4 is 33.3 Å². The summed E-state index contributed by atoms with van der Waals surface area (Å²) in [6, 6.07) is 1.81. The van der Waals surface area contributed by atoms with Crippen LogP contribution >= 0.6 is 27.5 Å². The molecule has 0 aliphatic heterocycles. The summed E-state index contributed by atoms with van der Waals surface area (Å²) >= 11 is 9.19. The number of rotatable bonds is 4. The van der Waals surface area contributed by atoms with Crippen LogP contribution in [0.25, 0.3) is 0 Å². The number of pyridine rings is 1. The predicted octanol–water partition coefficient (Wildman–Crippen LogP) is 2.89. The van der Waals surface area contributed by atoms with E-state index in [2.05, 4.69) is 40.1 Å². The predicted molar refractivity (Wildman–Crippen MR) is 68.3 cm³/mol. The molecule has 1 heterocycles. The molecule has 1 aromatic rings. The standard InChI is InChI=1S/C10H15BrClN3/c1-10(2,5-13)6-15-9-8(11)3-7(12)4-14-9/h3-4H,5-6,13H2,1-2H3,(H,14,15). The number of nitrogens with zero attached hydrogens (tertiary/aromatic N) is 1. The van der Waals surface area contributed by atoms with Crippen LogP contribution in [0.5, 0.6) is 0 Å². The van der Waals surface area contributed by atoms with Gasteiger partial charge >= 0.3 is 0 Å². The molecule has 0 bridgehead atoms. The van der Waals surface area contributed by atoms with Crippen molar-refractivity contribution in [2.75, 3.05) is 18.4 Å². The van der Waals surface area contributed by atoms with Crippen LogP contribution < -0.4 is 11.1 Å². The maximum Gasteiger partial charge on any atom is 0.140 e. The van der Waals surface area contributed by atoms with Crippen molar-refractivity contribution in [3.63, 3.8) is 0 Å². The summed E-state index contributed by atoms with van der Waals surface area (Å²) < 4.78 is 0.864. The van der Waals surface area contributed by atoms with E-state index in [4.69, 9.17) is 17.3 Å². The van der Waals surface area contributed by atoms with Crippen LogP contribution in [0.3, 0.4) is 0 Å². The van der Waals surface area contributed by atoms with Gasteiger partial charge in [-0.2, -0.15) is 0 Å². The fourth-order valence-corrected chi connectivity index (χ4v) is 1.72. The van der Waals surface area contributed by atoms with Gasteiger partial charge in [0.05, 0.1) is 9.50 Å². The Morgan fingerprint density at radius 3 is 2.80 bits per heavy atom. The molecule has 0 saturated carbocycles. The van der Waals surface area contributed by atoms with Gasteiger partial charge in [0.2, 0.25) is 0 Å². The maximum atomic E-state index is 5.79. The second kappa shape index (κ2) is 5.14. The molecule has 0 amide bonds. The second-order valence-corrected chi connectivity index (χ2v) is 5.50. The van der Waals surface area contributed by atoms with Crippen LogP contribution in [0.1, 0.15) is 13.8 Å². The van der Waals surface area contributed by atoms with Crippen molar-refractivity contribution in [3.05, 3.63) is 21.8 Å². The number of nitrogens with two attached hydrogens (primary N) is 1. The van der Waals surface area contributed by atoms with E-state index in [1.54, 1.807) is 6.20 Å². The summed E-state index contributed by atoms with van der Waals surface area (Å²) in [5.74, 6) is 0.793. The van der Waals surface area contributed by atoms with Gasteiger partial charge in [0.15, 0.2) is 0 Å². The van der Waals surface area contributed by atoms with Gasteiger partial charge in [-0.25, -0.2) is 4.98 Å². The van der Waals surface area contributed by atoms with E-state index in [9.17, 15) is 0 Å². The molecule has 1 rings (SSSR count). The first kappa shape index (κ1) is 12.7. The summed E-state index contributed by atoms with van der Waals surface area (Å²) in [5.41, 5.74) is 5.70. The van der Waals surface area contributed by atoms with E-state index >= 15 is 0 Å². The van der Waals surface area contributed by atoms with Gasteiger partial charge in [-0.3, -0.25) is 0 Å². The Kier molecular flexibility index (Phi) is 4.37. The van der Waals surface area contributed by atoms with Gasteiger partial charge in [-0.05, 0) is 34.0 Å². The van der Waals surface area contributed by atoms with Crippen molar-refractivity contribution in [1.29, 1.82) is 0 Å². The molecule has 0 fully saturated rings. The number of halogens is 2. The lowest BCUT2D eigenvalue weighted by molar-refractivity contribution is 0.405. The van der Waals surface area contributed by atoms with Crippen LogP contribution in [-0.2, 0) is 0 Å². The van der Waals surface area contributed by atoms with Crippen molar-refractivity contribution in [2.24, 2.45) is 11.1 Å². The molecule has 0 radical (unpaired) electrons. The molecule has 3 nitrogen and oxygen atoms in total. The smallest absolute Gasteiger partial charge is 0.140 e. The van der Waals surface area contributed by atoms with Crippen LogP contribution in [0.4, 0.5) is 5.82 Å². The summed E-state index contributed by atoms with van der Waals surface area (Å²) in [4.78, 5) is 4.18. The maximum absolute atomic E-state index is 5.79. The summed E-state index contributed by atoms with van der Waals surface area (Å²) in [6.07, 6.45) is 1.62. The van der Waals surface area contributed by atoms with Gasteiger partial charge in [0.1, 0.15) is 5.82 Å². The molecule has 3 N–H and O–H groups in total. The van der Waals surface area contributed by atoms with Crippen molar-refractivity contribution in [2.45, 2.75) is 13.8 Å². The number of aromatic nitrogens is 1. The van der Waals surface area contributed by atoms with Crippen molar-refractivity contribution < 1.29 is 0 Å². The average Bonchev–Trinajstić information content (AvgIpc) is 2.16. The van der Waals surface area contributed by atoms with E-state index in [1.807, 2.05) is 6.07 Å². The Hall–Kier alpha value is -0.320. The molecule has 0 aliphatic rings. The van der Waals surface area contributed by atoms with E-state index in [0.29, 0.717) is 11.6 Å². The van der Waals surface area contributed by atoms with Crippen LogP contribution in [0.15, 0.2) is 16.7 Å². The second-order valence-electron chi connectivity index (χ2n) is 4.21. The zero-order valence-corrected chi connectivity index (χ0v) is 11.2. The van der Waals surface area contributed by atoms with E-state index < -0.39 is 0 Å². The first-order chi connectivity index (χ1) is 6.94. The number of hydrogen-bond acceptors (Lipinski definition) is 3. The van der Waals surface area contributed by atoms with Crippen LogP contribution in [0.2, 0.25) is 5.02 Å². The van der Waals surface area contributed by atoms with Gasteiger partial charge in [-0.1, -0.05) is 25.4 Å². The molecule has 0 aromatic carbocycles. The van der Waals surface area contributed by atoms with Gasteiger partial charge in [-0.15, -0.1) is 0 Å². The minimum absolute atomic E-state index is 0.0563. The largest absolute Gasteiger partial charge is 0.369 e. The Balaban J connectivity index is 2.66. The third-order valence-electron chi connectivity index (χ3n) is 2.09. The van der Waals surface area contributed by atoms with E-state index in [-0.39, 0.29) is 5.41 Å². The lowest BCUT2D eigenvalue weighted by Crippen LogP contribution is -2.31. The topological polar surface area (TPSA) is 50.9 Å². The number of hydrogen-bond donors (Lipinski definition) is 2. The molecule has 1 aromatic heterocycles. The Labute approximate surface area is 104 Å². The average molecular weight is 293 g/mol. The van der Waals surface area contributed by atoms with E-state index in [0.717, 1.165) is 16.8 Å². The quantitative estimate of drug-likeness (QED) is 0.897. The molecule has 0 aliphatic carbocycles.